The fourth-order valence-electron chi connectivity index (χ4n) is 2.10. The number of methoxy groups -OCH3 is 3. The Morgan fingerprint density at radius 3 is 2.23 bits per heavy atom. The Bertz CT molecular complexity index is 640. The van der Waals surface area contributed by atoms with Crippen LogP contribution in [0.1, 0.15) is 6.42 Å². The third kappa shape index (κ3) is 3.45. The van der Waals surface area contributed by atoms with Gasteiger partial charge in [-0.15, -0.1) is 0 Å². The second-order valence-corrected chi connectivity index (χ2v) is 5.40. The maximum Gasteiger partial charge on any atom is 0.203 e. The number of nitrogens with one attached hydrogen (secondary N) is 1. The van der Waals surface area contributed by atoms with Crippen LogP contribution in [0, 0.1) is 0 Å². The van der Waals surface area contributed by atoms with Gasteiger partial charge in [0.1, 0.15) is 4.99 Å². The summed E-state index contributed by atoms with van der Waals surface area (Å²) in [6, 6.07) is 3.60. The van der Waals surface area contributed by atoms with Crippen LogP contribution < -0.4 is 19.5 Å². The van der Waals surface area contributed by atoms with Crippen LogP contribution in [0.15, 0.2) is 35.9 Å². The summed E-state index contributed by atoms with van der Waals surface area (Å²) in [5.74, 6) is 1.66. The van der Waals surface area contributed by atoms with Crippen LogP contribution in [0.25, 0.3) is 0 Å². The predicted octanol–water partition coefficient (Wildman–Crippen LogP) is 3.71. The highest BCUT2D eigenvalue weighted by Gasteiger charge is 2.16. The maximum atomic E-state index is 5.44. The summed E-state index contributed by atoms with van der Waals surface area (Å²) in [5.41, 5.74) is 1.61. The second kappa shape index (κ2) is 7.38. The lowest BCUT2D eigenvalue weighted by Gasteiger charge is -2.17. The number of hydrogen-bond acceptors (Lipinski definition) is 5. The molecule has 1 aliphatic rings. The zero-order chi connectivity index (χ0) is 16.1. The van der Waals surface area contributed by atoms with Crippen LogP contribution in [0.5, 0.6) is 17.2 Å². The van der Waals surface area contributed by atoms with E-state index in [2.05, 4.69) is 5.32 Å². The number of anilines is 1. The molecule has 1 N–H and O–H groups in total. The fraction of sp³-hybridized carbons (Fsp3) is 0.250. The van der Waals surface area contributed by atoms with Gasteiger partial charge in [-0.2, -0.15) is 0 Å². The molecule has 22 heavy (non-hydrogen) atoms. The molecule has 0 fully saturated rings. The van der Waals surface area contributed by atoms with Crippen LogP contribution in [0.3, 0.4) is 0 Å². The van der Waals surface area contributed by atoms with Gasteiger partial charge in [-0.25, -0.2) is 0 Å². The highest BCUT2D eigenvalue weighted by molar-refractivity contribution is 7.83. The molecule has 0 heterocycles. The molecular formula is C16H17NO3S2. The van der Waals surface area contributed by atoms with Crippen molar-refractivity contribution in [2.45, 2.75) is 6.42 Å². The van der Waals surface area contributed by atoms with E-state index in [0.29, 0.717) is 22.2 Å². The molecule has 0 aliphatic heterocycles. The topological polar surface area (TPSA) is 39.7 Å². The minimum absolute atomic E-state index is 0.539. The minimum atomic E-state index is 0.539. The molecule has 4 nitrogen and oxygen atoms in total. The fourth-order valence-corrected chi connectivity index (χ4v) is 2.74. The first-order valence-electron chi connectivity index (χ1n) is 6.62. The number of benzene rings is 1. The van der Waals surface area contributed by atoms with Crippen LogP contribution in [0.2, 0.25) is 0 Å². The van der Waals surface area contributed by atoms with Crippen molar-refractivity contribution in [3.8, 4) is 17.2 Å². The molecule has 116 valence electrons. The van der Waals surface area contributed by atoms with Gasteiger partial charge in [0.15, 0.2) is 11.5 Å². The van der Waals surface area contributed by atoms with Crippen LogP contribution >= 0.6 is 24.4 Å². The van der Waals surface area contributed by atoms with E-state index in [-0.39, 0.29) is 0 Å². The zero-order valence-corrected chi connectivity index (χ0v) is 14.3. The molecule has 0 spiro atoms. The van der Waals surface area contributed by atoms with Crippen molar-refractivity contribution in [1.82, 2.24) is 0 Å². The first kappa shape index (κ1) is 16.5. The van der Waals surface area contributed by atoms with Crippen LogP contribution in [-0.4, -0.2) is 31.2 Å². The molecule has 1 aromatic rings. The molecule has 6 heteroatoms. The lowest BCUT2D eigenvalue weighted by molar-refractivity contribution is 0.324. The van der Waals surface area contributed by atoms with Gasteiger partial charge in [0.05, 0.1) is 21.3 Å². The second-order valence-electron chi connectivity index (χ2n) is 4.50. The van der Waals surface area contributed by atoms with Gasteiger partial charge < -0.3 is 19.5 Å². The SMILES string of the molecule is COc1cc(NC(=S)C2=CC=CCC2=S)cc(OC)c1OC. The van der Waals surface area contributed by atoms with E-state index >= 15 is 0 Å². The summed E-state index contributed by atoms with van der Waals surface area (Å²) in [6.45, 7) is 0. The molecule has 0 radical (unpaired) electrons. The van der Waals surface area contributed by atoms with Crippen molar-refractivity contribution in [3.63, 3.8) is 0 Å². The van der Waals surface area contributed by atoms with E-state index < -0.39 is 0 Å². The van der Waals surface area contributed by atoms with Gasteiger partial charge >= 0.3 is 0 Å². The monoisotopic (exact) mass is 335 g/mol. The quantitative estimate of drug-likeness (QED) is 0.827. The average Bonchev–Trinajstić information content (AvgIpc) is 2.54. The van der Waals surface area contributed by atoms with Gasteiger partial charge in [0.2, 0.25) is 5.75 Å². The summed E-state index contributed by atoms with van der Waals surface area (Å²) in [6.07, 6.45) is 6.61. The highest BCUT2D eigenvalue weighted by Crippen LogP contribution is 2.40. The Kier molecular flexibility index (Phi) is 5.51. The van der Waals surface area contributed by atoms with Crippen LogP contribution in [-0.2, 0) is 0 Å². The molecule has 0 atom stereocenters. The summed E-state index contributed by atoms with van der Waals surface area (Å²) < 4.78 is 16.0. The minimum Gasteiger partial charge on any atom is -0.493 e. The molecule has 1 aromatic carbocycles. The average molecular weight is 335 g/mol. The third-order valence-electron chi connectivity index (χ3n) is 3.17. The van der Waals surface area contributed by atoms with Crippen LogP contribution in [0.4, 0.5) is 5.69 Å². The van der Waals surface area contributed by atoms with Crippen molar-refractivity contribution in [1.29, 1.82) is 0 Å². The lowest BCUT2D eigenvalue weighted by atomic mass is 10.0. The Labute approximate surface area is 140 Å². The summed E-state index contributed by atoms with van der Waals surface area (Å²) in [5, 5.41) is 3.17. The smallest absolute Gasteiger partial charge is 0.203 e. The Morgan fingerprint density at radius 2 is 1.73 bits per heavy atom. The van der Waals surface area contributed by atoms with Crippen molar-refractivity contribution in [3.05, 3.63) is 35.9 Å². The first-order valence-corrected chi connectivity index (χ1v) is 7.43. The first-order chi connectivity index (χ1) is 10.6. The van der Waals surface area contributed by atoms with Crippen molar-refractivity contribution in [2.75, 3.05) is 26.6 Å². The Balaban J connectivity index is 2.29. The molecule has 0 bridgehead atoms. The number of ether oxygens (including phenoxy) is 3. The molecule has 0 saturated carbocycles. The molecule has 0 aromatic heterocycles. The number of hydrogen-bond donors (Lipinski definition) is 1. The molecule has 0 amide bonds. The van der Waals surface area contributed by atoms with E-state index in [0.717, 1.165) is 22.5 Å². The summed E-state index contributed by atoms with van der Waals surface area (Å²) in [4.78, 5) is 1.40. The van der Waals surface area contributed by atoms with Gasteiger partial charge in [0, 0.05) is 34.7 Å². The van der Waals surface area contributed by atoms with E-state index in [4.69, 9.17) is 38.6 Å². The Morgan fingerprint density at radius 1 is 1.09 bits per heavy atom. The van der Waals surface area contributed by atoms with E-state index in [9.17, 15) is 0 Å². The van der Waals surface area contributed by atoms with Gasteiger partial charge in [-0.1, -0.05) is 42.7 Å². The molecule has 2 rings (SSSR count). The summed E-state index contributed by atoms with van der Waals surface area (Å²) in [7, 11) is 4.71. The molecule has 0 unspecified atom stereocenters. The zero-order valence-electron chi connectivity index (χ0n) is 12.6. The van der Waals surface area contributed by atoms with E-state index in [1.54, 1.807) is 33.5 Å². The third-order valence-corrected chi connectivity index (χ3v) is 3.88. The van der Waals surface area contributed by atoms with Gasteiger partial charge in [0.25, 0.3) is 0 Å². The molecule has 0 saturated heterocycles. The van der Waals surface area contributed by atoms with Gasteiger partial charge in [-0.3, -0.25) is 0 Å². The standard InChI is InChI=1S/C16H17NO3S2/c1-18-12-8-10(9-13(19-2)15(12)20-3)17-16(22)11-6-4-5-7-14(11)21/h4-6,8-9H,7H2,1-3H3,(H,17,22). The number of thiocarbonyl (C=S) groups is 2. The predicted molar refractivity (Wildman–Crippen MR) is 96.8 cm³/mol. The Hall–Kier alpha value is -1.92. The van der Waals surface area contributed by atoms with Gasteiger partial charge in [-0.05, 0) is 0 Å². The van der Waals surface area contributed by atoms with Crippen molar-refractivity contribution in [2.24, 2.45) is 0 Å². The number of allylic oxidation sites excluding steroid dienone is 3. The molecule has 1 aliphatic carbocycles. The van der Waals surface area contributed by atoms with Crippen molar-refractivity contribution < 1.29 is 14.2 Å². The van der Waals surface area contributed by atoms with E-state index in [1.165, 1.54) is 0 Å². The number of rotatable bonds is 5. The normalized spacial score (nSPS) is 13.4. The maximum absolute atomic E-state index is 5.44. The van der Waals surface area contributed by atoms with E-state index in [1.807, 2.05) is 18.2 Å². The largest absolute Gasteiger partial charge is 0.493 e. The summed E-state index contributed by atoms with van der Waals surface area (Å²) >= 11 is 10.8. The highest BCUT2D eigenvalue weighted by atomic mass is 32.1. The van der Waals surface area contributed by atoms with Crippen molar-refractivity contribution >= 4 is 40.0 Å². The lowest BCUT2D eigenvalue weighted by Crippen LogP contribution is -2.18. The molecular weight excluding hydrogens is 318 g/mol.